The number of allylic oxidation sites excluding steroid dienone is 1. The minimum absolute atomic E-state index is 0.0734. The highest BCUT2D eigenvalue weighted by atomic mass is 16.1. The van der Waals surface area contributed by atoms with Crippen LogP contribution in [0.1, 0.15) is 30.8 Å². The molecule has 0 unspecified atom stereocenters. The summed E-state index contributed by atoms with van der Waals surface area (Å²) in [7, 11) is 1.82. The molecule has 1 N–H and O–H groups in total. The molecule has 1 rings (SSSR count). The summed E-state index contributed by atoms with van der Waals surface area (Å²) in [6.45, 7) is 7.31. The monoisotopic (exact) mass is 218 g/mol. The number of hydrogen-bond acceptors (Lipinski definition) is 3. The van der Waals surface area contributed by atoms with E-state index in [4.69, 9.17) is 0 Å². The van der Waals surface area contributed by atoms with Crippen LogP contribution in [0.25, 0.3) is 5.70 Å². The van der Waals surface area contributed by atoms with Crippen LogP contribution in [0.5, 0.6) is 0 Å². The van der Waals surface area contributed by atoms with Gasteiger partial charge in [0.2, 0.25) is 0 Å². The standard InChI is InChI=1S/C13H18N2O/c1-8-6-7-12(10(3)15-8)13(14-5)9(2)11(4)16/h6-7,14H,1-5H3/b13-9-. The van der Waals surface area contributed by atoms with Crippen LogP contribution < -0.4 is 5.32 Å². The predicted molar refractivity (Wildman–Crippen MR) is 66.0 cm³/mol. The Hall–Kier alpha value is -1.64. The molecule has 3 heteroatoms. The summed E-state index contributed by atoms with van der Waals surface area (Å²) in [6.07, 6.45) is 0. The van der Waals surface area contributed by atoms with Crippen molar-refractivity contribution < 1.29 is 4.79 Å². The maximum Gasteiger partial charge on any atom is 0.157 e. The van der Waals surface area contributed by atoms with Crippen LogP contribution in [-0.2, 0) is 4.79 Å². The van der Waals surface area contributed by atoms with E-state index < -0.39 is 0 Å². The third-order valence-corrected chi connectivity index (χ3v) is 2.65. The minimum Gasteiger partial charge on any atom is -0.387 e. The smallest absolute Gasteiger partial charge is 0.157 e. The van der Waals surface area contributed by atoms with Crippen LogP contribution in [0, 0.1) is 13.8 Å². The number of aromatic nitrogens is 1. The van der Waals surface area contributed by atoms with E-state index in [9.17, 15) is 4.79 Å². The van der Waals surface area contributed by atoms with Crippen LogP contribution in [-0.4, -0.2) is 17.8 Å². The zero-order valence-corrected chi connectivity index (χ0v) is 10.5. The normalized spacial score (nSPS) is 12.1. The van der Waals surface area contributed by atoms with Crippen molar-refractivity contribution >= 4 is 11.5 Å². The lowest BCUT2D eigenvalue weighted by atomic mass is 10.0. The molecule has 0 aliphatic rings. The molecule has 0 spiro atoms. The first-order valence-corrected chi connectivity index (χ1v) is 5.31. The molecule has 3 nitrogen and oxygen atoms in total. The number of aryl methyl sites for hydroxylation is 2. The van der Waals surface area contributed by atoms with Crippen LogP contribution in [0.2, 0.25) is 0 Å². The van der Waals surface area contributed by atoms with E-state index >= 15 is 0 Å². The molecule has 0 saturated heterocycles. The molecule has 0 atom stereocenters. The van der Waals surface area contributed by atoms with Gasteiger partial charge in [0.05, 0.1) is 0 Å². The number of ketones is 1. The summed E-state index contributed by atoms with van der Waals surface area (Å²) < 4.78 is 0. The molecule has 16 heavy (non-hydrogen) atoms. The zero-order valence-electron chi connectivity index (χ0n) is 10.5. The van der Waals surface area contributed by atoms with Crippen LogP contribution >= 0.6 is 0 Å². The topological polar surface area (TPSA) is 42.0 Å². The Morgan fingerprint density at radius 3 is 2.31 bits per heavy atom. The lowest BCUT2D eigenvalue weighted by Gasteiger charge is -2.13. The van der Waals surface area contributed by atoms with Gasteiger partial charge in [0.25, 0.3) is 0 Å². The van der Waals surface area contributed by atoms with Crippen molar-refractivity contribution in [1.82, 2.24) is 10.3 Å². The Kier molecular flexibility index (Phi) is 3.82. The van der Waals surface area contributed by atoms with Gasteiger partial charge in [-0.1, -0.05) is 0 Å². The Balaban J connectivity index is 3.35. The summed E-state index contributed by atoms with van der Waals surface area (Å²) in [6, 6.07) is 3.95. The fourth-order valence-corrected chi connectivity index (χ4v) is 1.65. The third kappa shape index (κ3) is 2.48. The molecule has 0 saturated carbocycles. The first-order valence-electron chi connectivity index (χ1n) is 5.31. The highest BCUT2D eigenvalue weighted by Crippen LogP contribution is 2.19. The number of hydrogen-bond donors (Lipinski definition) is 1. The molecule has 0 fully saturated rings. The summed E-state index contributed by atoms with van der Waals surface area (Å²) in [5.41, 5.74) is 4.50. The maximum absolute atomic E-state index is 11.4. The molecule has 1 aromatic heterocycles. The second-order valence-electron chi connectivity index (χ2n) is 3.89. The van der Waals surface area contributed by atoms with Crippen LogP contribution in [0.3, 0.4) is 0 Å². The van der Waals surface area contributed by atoms with Crippen molar-refractivity contribution in [2.24, 2.45) is 0 Å². The van der Waals surface area contributed by atoms with Gasteiger partial charge in [-0.25, -0.2) is 0 Å². The van der Waals surface area contributed by atoms with E-state index in [1.54, 1.807) is 6.92 Å². The summed E-state index contributed by atoms with van der Waals surface area (Å²) in [5.74, 6) is 0.0734. The molecule has 1 heterocycles. The summed E-state index contributed by atoms with van der Waals surface area (Å²) in [4.78, 5) is 15.8. The van der Waals surface area contributed by atoms with Gasteiger partial charge in [-0.15, -0.1) is 0 Å². The Morgan fingerprint density at radius 1 is 1.25 bits per heavy atom. The Labute approximate surface area is 96.6 Å². The second kappa shape index (κ2) is 4.92. The average Bonchev–Trinajstić information content (AvgIpc) is 2.21. The van der Waals surface area contributed by atoms with Crippen LogP contribution in [0.15, 0.2) is 17.7 Å². The van der Waals surface area contributed by atoms with E-state index in [0.29, 0.717) is 0 Å². The highest BCUT2D eigenvalue weighted by molar-refractivity contribution is 6.00. The van der Waals surface area contributed by atoms with Crippen molar-refractivity contribution in [3.63, 3.8) is 0 Å². The molecule has 0 aliphatic carbocycles. The average molecular weight is 218 g/mol. The number of carbonyl (C=O) groups excluding carboxylic acids is 1. The maximum atomic E-state index is 11.4. The number of pyridine rings is 1. The zero-order chi connectivity index (χ0) is 12.3. The molecule has 86 valence electrons. The number of rotatable bonds is 3. The van der Waals surface area contributed by atoms with Crippen molar-refractivity contribution in [1.29, 1.82) is 0 Å². The lowest BCUT2D eigenvalue weighted by Crippen LogP contribution is -2.12. The van der Waals surface area contributed by atoms with E-state index in [-0.39, 0.29) is 5.78 Å². The Morgan fingerprint density at radius 2 is 1.88 bits per heavy atom. The van der Waals surface area contributed by atoms with Gasteiger partial charge in [-0.05, 0) is 39.8 Å². The van der Waals surface area contributed by atoms with Gasteiger partial charge in [0.15, 0.2) is 5.78 Å². The third-order valence-electron chi connectivity index (χ3n) is 2.65. The highest BCUT2D eigenvalue weighted by Gasteiger charge is 2.10. The SMILES string of the molecule is CN/C(=C(/C)C(C)=O)c1ccc(C)nc1C. The quantitative estimate of drug-likeness (QED) is 0.791. The molecular formula is C13H18N2O. The van der Waals surface area contributed by atoms with Crippen molar-refractivity contribution in [3.05, 3.63) is 34.7 Å². The van der Waals surface area contributed by atoms with E-state index in [2.05, 4.69) is 10.3 Å². The lowest BCUT2D eigenvalue weighted by molar-refractivity contribution is -0.113. The van der Waals surface area contributed by atoms with Gasteiger partial charge < -0.3 is 5.32 Å². The molecule has 0 bridgehead atoms. The van der Waals surface area contributed by atoms with Gasteiger partial charge in [0.1, 0.15) is 0 Å². The number of nitrogens with one attached hydrogen (secondary N) is 1. The van der Waals surface area contributed by atoms with Gasteiger partial charge in [0, 0.05) is 35.3 Å². The predicted octanol–water partition coefficient (Wildman–Crippen LogP) is 2.24. The summed E-state index contributed by atoms with van der Waals surface area (Å²) in [5, 5.41) is 3.08. The molecule has 0 radical (unpaired) electrons. The van der Waals surface area contributed by atoms with Crippen molar-refractivity contribution in [3.8, 4) is 0 Å². The van der Waals surface area contributed by atoms with E-state index in [1.807, 2.05) is 40.0 Å². The van der Waals surface area contributed by atoms with Crippen molar-refractivity contribution in [2.45, 2.75) is 27.7 Å². The summed E-state index contributed by atoms with van der Waals surface area (Å²) >= 11 is 0. The fourth-order valence-electron chi connectivity index (χ4n) is 1.65. The van der Waals surface area contributed by atoms with E-state index in [0.717, 1.165) is 28.2 Å². The van der Waals surface area contributed by atoms with Gasteiger partial charge in [-0.3, -0.25) is 9.78 Å². The first-order chi connectivity index (χ1) is 7.47. The minimum atomic E-state index is 0.0734. The number of nitrogens with zero attached hydrogens (tertiary/aromatic N) is 1. The molecule has 0 aliphatic heterocycles. The molecule has 0 aromatic carbocycles. The number of carbonyl (C=O) groups is 1. The largest absolute Gasteiger partial charge is 0.387 e. The Bertz CT molecular complexity index is 447. The fraction of sp³-hybridized carbons (Fsp3) is 0.385. The van der Waals surface area contributed by atoms with Gasteiger partial charge >= 0.3 is 0 Å². The number of Topliss-reactive ketones (excluding diaryl/α,β-unsaturated/α-hetero) is 1. The van der Waals surface area contributed by atoms with Crippen LogP contribution in [0.4, 0.5) is 0 Å². The van der Waals surface area contributed by atoms with Crippen molar-refractivity contribution in [2.75, 3.05) is 7.05 Å². The van der Waals surface area contributed by atoms with Gasteiger partial charge in [-0.2, -0.15) is 0 Å². The second-order valence-corrected chi connectivity index (χ2v) is 3.89. The first kappa shape index (κ1) is 12.4. The molecule has 1 aromatic rings. The van der Waals surface area contributed by atoms with E-state index in [1.165, 1.54) is 0 Å². The molecular weight excluding hydrogens is 200 g/mol. The molecule has 0 amide bonds.